The van der Waals surface area contributed by atoms with Crippen molar-refractivity contribution in [2.45, 2.75) is 18.8 Å². The second kappa shape index (κ2) is 7.47. The van der Waals surface area contributed by atoms with Gasteiger partial charge in [-0.2, -0.15) is 13.2 Å². The molecule has 0 unspecified atom stereocenters. The van der Waals surface area contributed by atoms with Crippen molar-refractivity contribution >= 4 is 29.3 Å². The zero-order valence-electron chi connectivity index (χ0n) is 12.0. The highest BCUT2D eigenvalue weighted by Gasteiger charge is 2.64. The summed E-state index contributed by atoms with van der Waals surface area (Å²) in [7, 11) is 0.613. The number of pyridine rings is 1. The number of methoxy groups -OCH3 is 1. The number of halogens is 4. The molecule has 0 aromatic carbocycles. The zero-order chi connectivity index (χ0) is 17.7. The highest BCUT2D eigenvalue weighted by Crippen LogP contribution is 2.32. The maximum Gasteiger partial charge on any atom is 0.448 e. The highest BCUT2D eigenvalue weighted by molar-refractivity contribution is 6.32. The van der Waals surface area contributed by atoms with Crippen LogP contribution in [0.4, 0.5) is 23.7 Å². The van der Waals surface area contributed by atoms with Gasteiger partial charge in [-0.1, -0.05) is 11.6 Å². The van der Waals surface area contributed by atoms with E-state index in [2.05, 4.69) is 14.5 Å². The van der Waals surface area contributed by atoms with Gasteiger partial charge in [-0.15, -0.1) is 0 Å². The van der Waals surface area contributed by atoms with Crippen molar-refractivity contribution in [3.63, 3.8) is 0 Å². The van der Waals surface area contributed by atoms with E-state index in [4.69, 9.17) is 11.6 Å². The molecule has 0 aliphatic rings. The number of amides is 2. The third-order valence-electron chi connectivity index (χ3n) is 2.57. The molecule has 0 radical (unpaired) electrons. The molecule has 11 heteroatoms. The van der Waals surface area contributed by atoms with Gasteiger partial charge < -0.3 is 14.8 Å². The molecule has 0 aliphatic heterocycles. The average Bonchev–Trinajstić information content (AvgIpc) is 2.46. The molecule has 1 rings (SSSR count). The van der Waals surface area contributed by atoms with Crippen LogP contribution in [0.1, 0.15) is 6.92 Å². The second-order valence-corrected chi connectivity index (χ2v) is 4.38. The number of aromatic nitrogens is 1. The molecule has 0 saturated heterocycles. The zero-order valence-corrected chi connectivity index (χ0v) is 12.8. The SMILES string of the molecule is CCOC(=O)[C@](NC(=O)Nc1cccnc1Cl)(OC)C(F)(F)F. The van der Waals surface area contributed by atoms with E-state index in [1.807, 2.05) is 5.32 Å². The quantitative estimate of drug-likeness (QED) is 0.480. The molecule has 23 heavy (non-hydrogen) atoms. The first kappa shape index (κ1) is 19.0. The maximum atomic E-state index is 13.2. The van der Waals surface area contributed by atoms with Crippen LogP contribution in [0.3, 0.4) is 0 Å². The van der Waals surface area contributed by atoms with E-state index in [1.165, 1.54) is 30.6 Å². The number of ether oxygens (including phenoxy) is 2. The molecule has 2 N–H and O–H groups in total. The van der Waals surface area contributed by atoms with Crippen LogP contribution in [-0.4, -0.2) is 42.6 Å². The Morgan fingerprint density at radius 1 is 1.39 bits per heavy atom. The van der Waals surface area contributed by atoms with Gasteiger partial charge in [0, 0.05) is 13.3 Å². The third-order valence-corrected chi connectivity index (χ3v) is 2.87. The van der Waals surface area contributed by atoms with E-state index < -0.39 is 23.9 Å². The average molecular weight is 356 g/mol. The first-order valence-electron chi connectivity index (χ1n) is 6.16. The van der Waals surface area contributed by atoms with Crippen molar-refractivity contribution < 1.29 is 32.2 Å². The second-order valence-electron chi connectivity index (χ2n) is 4.02. The molecule has 128 valence electrons. The van der Waals surface area contributed by atoms with Gasteiger partial charge in [-0.05, 0) is 19.1 Å². The number of nitrogens with one attached hydrogen (secondary N) is 2. The molecule has 7 nitrogen and oxygen atoms in total. The monoisotopic (exact) mass is 355 g/mol. The Hall–Kier alpha value is -2.07. The molecule has 0 spiro atoms. The number of alkyl halides is 3. The van der Waals surface area contributed by atoms with E-state index in [-0.39, 0.29) is 17.4 Å². The molecule has 0 fully saturated rings. The Balaban J connectivity index is 3.03. The summed E-state index contributed by atoms with van der Waals surface area (Å²) in [6.45, 7) is 0.974. The van der Waals surface area contributed by atoms with Crippen LogP contribution in [-0.2, 0) is 14.3 Å². The number of hydrogen-bond donors (Lipinski definition) is 2. The van der Waals surface area contributed by atoms with Crippen LogP contribution in [0.15, 0.2) is 18.3 Å². The lowest BCUT2D eigenvalue weighted by Crippen LogP contribution is -2.66. The van der Waals surface area contributed by atoms with Gasteiger partial charge in [-0.25, -0.2) is 14.6 Å². The highest BCUT2D eigenvalue weighted by atomic mass is 35.5. The predicted octanol–water partition coefficient (Wildman–Crippen LogP) is 2.32. The normalized spacial score (nSPS) is 13.8. The summed E-state index contributed by atoms with van der Waals surface area (Å²) in [5.74, 6) is -1.80. The molecule has 0 aliphatic carbocycles. The molecule has 1 aromatic rings. The number of rotatable bonds is 5. The van der Waals surface area contributed by atoms with E-state index in [9.17, 15) is 22.8 Å². The third kappa shape index (κ3) is 4.23. The van der Waals surface area contributed by atoms with Crippen LogP contribution in [0, 0.1) is 0 Å². The summed E-state index contributed by atoms with van der Waals surface area (Å²) in [5, 5.41) is 3.31. The number of nitrogens with zero attached hydrogens (tertiary/aromatic N) is 1. The number of anilines is 1. The summed E-state index contributed by atoms with van der Waals surface area (Å²) in [4.78, 5) is 27.1. The molecule has 1 heterocycles. The Kier molecular flexibility index (Phi) is 6.16. The lowest BCUT2D eigenvalue weighted by molar-refractivity contribution is -0.276. The van der Waals surface area contributed by atoms with Gasteiger partial charge in [0.05, 0.1) is 12.3 Å². The van der Waals surface area contributed by atoms with E-state index in [1.54, 1.807) is 0 Å². The van der Waals surface area contributed by atoms with Crippen LogP contribution < -0.4 is 10.6 Å². The van der Waals surface area contributed by atoms with Gasteiger partial charge >= 0.3 is 23.9 Å². The van der Waals surface area contributed by atoms with Gasteiger partial charge in [0.25, 0.3) is 0 Å². The summed E-state index contributed by atoms with van der Waals surface area (Å²) in [6.07, 6.45) is -3.94. The van der Waals surface area contributed by atoms with Crippen molar-refractivity contribution in [2.24, 2.45) is 0 Å². The minimum atomic E-state index is -5.26. The first-order chi connectivity index (χ1) is 10.7. The van der Waals surface area contributed by atoms with Crippen molar-refractivity contribution in [3.8, 4) is 0 Å². The van der Waals surface area contributed by atoms with Crippen molar-refractivity contribution in [1.82, 2.24) is 10.3 Å². The van der Waals surface area contributed by atoms with Gasteiger partial charge in [0.15, 0.2) is 5.15 Å². The predicted molar refractivity (Wildman–Crippen MR) is 73.8 cm³/mol. The minimum Gasteiger partial charge on any atom is -0.462 e. The number of carbonyl (C=O) groups excluding carboxylic acids is 2. The Bertz CT molecular complexity index is 585. The van der Waals surface area contributed by atoms with Gasteiger partial charge in [0.1, 0.15) is 0 Å². The topological polar surface area (TPSA) is 89.5 Å². The first-order valence-corrected chi connectivity index (χ1v) is 6.54. The number of hydrogen-bond acceptors (Lipinski definition) is 5. The van der Waals surface area contributed by atoms with Crippen molar-refractivity contribution in [2.75, 3.05) is 19.0 Å². The van der Waals surface area contributed by atoms with E-state index in [0.717, 1.165) is 0 Å². The van der Waals surface area contributed by atoms with Crippen LogP contribution in [0.5, 0.6) is 0 Å². The standard InChI is InChI=1S/C12H13ClF3N3O4/c1-3-23-9(20)11(22-2,12(14,15)16)19-10(21)18-7-5-4-6-17-8(7)13/h4-6H,3H2,1-2H3,(H2,18,19,21)/t11-/m0/s1. The number of carbonyl (C=O) groups is 2. The van der Waals surface area contributed by atoms with Gasteiger partial charge in [-0.3, -0.25) is 5.32 Å². The lowest BCUT2D eigenvalue weighted by Gasteiger charge is -2.32. The van der Waals surface area contributed by atoms with Crippen LogP contribution in [0.2, 0.25) is 5.15 Å². The number of urea groups is 1. The van der Waals surface area contributed by atoms with E-state index >= 15 is 0 Å². The lowest BCUT2D eigenvalue weighted by atomic mass is 10.2. The summed E-state index contributed by atoms with van der Waals surface area (Å²) in [6, 6.07) is 1.33. The maximum absolute atomic E-state index is 13.2. The van der Waals surface area contributed by atoms with Crippen LogP contribution >= 0.6 is 11.6 Å². The number of esters is 1. The summed E-state index contributed by atoms with van der Waals surface area (Å²) in [5.41, 5.74) is -3.70. The largest absolute Gasteiger partial charge is 0.462 e. The van der Waals surface area contributed by atoms with Crippen molar-refractivity contribution in [1.29, 1.82) is 0 Å². The fourth-order valence-electron chi connectivity index (χ4n) is 1.51. The summed E-state index contributed by atoms with van der Waals surface area (Å²) < 4.78 is 48.2. The Morgan fingerprint density at radius 2 is 2.04 bits per heavy atom. The Morgan fingerprint density at radius 3 is 2.52 bits per heavy atom. The Labute approximate surface area is 134 Å². The van der Waals surface area contributed by atoms with Gasteiger partial charge in [0.2, 0.25) is 0 Å². The van der Waals surface area contributed by atoms with E-state index in [0.29, 0.717) is 7.11 Å². The molecule has 0 saturated carbocycles. The van der Waals surface area contributed by atoms with Crippen LogP contribution in [0.25, 0.3) is 0 Å². The molecule has 0 bridgehead atoms. The molecule has 1 aromatic heterocycles. The molecular weight excluding hydrogens is 343 g/mol. The summed E-state index contributed by atoms with van der Waals surface area (Å²) >= 11 is 5.68. The molecule has 1 atom stereocenters. The smallest absolute Gasteiger partial charge is 0.448 e. The fourth-order valence-corrected chi connectivity index (χ4v) is 1.68. The van der Waals surface area contributed by atoms with Crippen molar-refractivity contribution in [3.05, 3.63) is 23.5 Å². The fraction of sp³-hybridized carbons (Fsp3) is 0.417. The molecule has 2 amide bonds. The minimum absolute atomic E-state index is 0.0531. The molecular formula is C12H13ClF3N3O4.